The molecule has 0 fully saturated rings. The minimum absolute atomic E-state index is 0. The van der Waals surface area contributed by atoms with Crippen LogP contribution >= 0.6 is 66.1 Å². The van der Waals surface area contributed by atoms with Crippen molar-refractivity contribution in [2.75, 3.05) is 83.4 Å². The van der Waals surface area contributed by atoms with Crippen molar-refractivity contribution in [2.45, 2.75) is 7.43 Å². The van der Waals surface area contributed by atoms with Crippen molar-refractivity contribution in [3.63, 3.8) is 0 Å². The quantitative estimate of drug-likeness (QED) is 0.0663. The van der Waals surface area contributed by atoms with Gasteiger partial charge in [-0.25, -0.2) is 0 Å². The van der Waals surface area contributed by atoms with Crippen LogP contribution in [-0.2, 0) is 27.4 Å². The van der Waals surface area contributed by atoms with Gasteiger partial charge in [-0.3, -0.25) is 20.2 Å². The second-order valence-electron chi connectivity index (χ2n) is 13.1. The number of anilines is 1. The van der Waals surface area contributed by atoms with Crippen LogP contribution < -0.4 is 16.3 Å². The van der Waals surface area contributed by atoms with Crippen LogP contribution in [0.3, 0.4) is 0 Å². The van der Waals surface area contributed by atoms with Crippen LogP contribution in [0.1, 0.15) is 7.43 Å². The fourth-order valence-corrected chi connectivity index (χ4v) is 21.6. The summed E-state index contributed by atoms with van der Waals surface area (Å²) in [5.41, 5.74) is 6.30. The van der Waals surface area contributed by atoms with E-state index >= 15 is 0 Å². The van der Waals surface area contributed by atoms with Gasteiger partial charge in [-0.05, 0) is 124 Å². The van der Waals surface area contributed by atoms with Crippen LogP contribution in [0.25, 0.3) is 0 Å². The van der Waals surface area contributed by atoms with Crippen molar-refractivity contribution in [3.8, 4) is 0 Å². The molecule has 0 aliphatic carbocycles. The van der Waals surface area contributed by atoms with Gasteiger partial charge in [0.25, 0.3) is 11.4 Å². The van der Waals surface area contributed by atoms with Crippen LogP contribution in [0, 0.1) is 23.8 Å². The summed E-state index contributed by atoms with van der Waals surface area (Å²) in [7, 11) is -13.1. The molecule has 0 radical (unpaired) electrons. The zero-order valence-corrected chi connectivity index (χ0v) is 37.2. The molecule has 2 N–H and O–H groups in total. The molecular formula is C31H51IN3O10P6+. The first-order valence-electron chi connectivity index (χ1n) is 14.6. The Hall–Kier alpha value is -1.76. The predicted molar refractivity (Wildman–Crippen MR) is 229 cm³/mol. The number of non-ortho nitro benzene ring substituents is 2. The molecule has 0 amide bonds. The Morgan fingerprint density at radius 3 is 1.14 bits per heavy atom. The number of halogens is 1. The molecule has 3 atom stereocenters. The molecule has 20 heteroatoms. The summed E-state index contributed by atoms with van der Waals surface area (Å²) in [6.07, 6.45) is 0. The SMILES string of the molecule is C.CP(C)(=O)CP(C)(=O)c1ccc(N)cc1.CP(C)(=O)CP(C)(=O)c1ccc([N+](=O)[O-])cc1.C[P+](=O)CP(C)(C)=O.O=[N+]([O-])c1ccc(I)cc1. The average molecular weight is 939 g/mol. The molecule has 3 aromatic rings. The molecule has 3 aromatic carbocycles. The lowest BCUT2D eigenvalue weighted by Crippen LogP contribution is -2.07. The van der Waals surface area contributed by atoms with Gasteiger partial charge in [-0.2, -0.15) is 0 Å². The van der Waals surface area contributed by atoms with Crippen molar-refractivity contribution in [1.82, 2.24) is 0 Å². The summed E-state index contributed by atoms with van der Waals surface area (Å²) < 4.78 is 70.4. The van der Waals surface area contributed by atoms with Crippen LogP contribution in [0.2, 0.25) is 0 Å². The number of nitrogen functional groups attached to an aromatic ring is 1. The van der Waals surface area contributed by atoms with E-state index in [0.29, 0.717) is 16.9 Å². The van der Waals surface area contributed by atoms with E-state index in [-0.39, 0.29) is 30.6 Å². The fraction of sp³-hybridized carbons (Fsp3) is 0.419. The summed E-state index contributed by atoms with van der Waals surface area (Å²) in [6.45, 7) is 14.7. The van der Waals surface area contributed by atoms with E-state index in [1.807, 2.05) is 0 Å². The molecule has 0 aromatic heterocycles. The lowest BCUT2D eigenvalue weighted by Gasteiger charge is -2.16. The number of nitrogens with zero attached hydrogens (tertiary/aromatic N) is 2. The van der Waals surface area contributed by atoms with Gasteiger partial charge >= 0.3 is 7.80 Å². The van der Waals surface area contributed by atoms with Gasteiger partial charge in [0.15, 0.2) is 5.90 Å². The lowest BCUT2D eigenvalue weighted by atomic mass is 10.3. The van der Waals surface area contributed by atoms with Crippen LogP contribution in [0.4, 0.5) is 17.1 Å². The Kier molecular flexibility index (Phi) is 22.0. The van der Waals surface area contributed by atoms with E-state index in [2.05, 4.69) is 22.6 Å². The van der Waals surface area contributed by atoms with Gasteiger partial charge in [0.05, 0.1) is 35.9 Å². The summed E-state index contributed by atoms with van der Waals surface area (Å²) >= 11 is 2.10. The third-order valence-electron chi connectivity index (χ3n) is 5.84. The number of nitro benzene ring substituents is 2. The molecule has 0 spiro atoms. The zero-order valence-electron chi connectivity index (χ0n) is 29.7. The Bertz CT molecular complexity index is 1850. The topological polar surface area (TPSA) is 215 Å². The maximum atomic E-state index is 12.4. The van der Waals surface area contributed by atoms with Crippen LogP contribution in [-0.4, -0.2) is 87.5 Å². The first-order chi connectivity index (χ1) is 22.4. The molecule has 0 saturated heterocycles. The van der Waals surface area contributed by atoms with Crippen molar-refractivity contribution < 1.29 is 37.2 Å². The molecule has 0 bridgehead atoms. The highest BCUT2D eigenvalue weighted by Crippen LogP contribution is 2.55. The minimum atomic E-state index is -2.70. The summed E-state index contributed by atoms with van der Waals surface area (Å²) in [5, 5.41) is 21.9. The predicted octanol–water partition coefficient (Wildman–Crippen LogP) is 10.1. The fourth-order valence-electron chi connectivity index (χ4n) is 4.18. The molecule has 13 nitrogen and oxygen atoms in total. The number of hydrogen-bond donors (Lipinski definition) is 1. The van der Waals surface area contributed by atoms with E-state index in [0.717, 1.165) is 8.87 Å². The van der Waals surface area contributed by atoms with E-state index in [9.17, 15) is 47.6 Å². The standard InChI is InChI=1S/C10H15NO4P2.C10H17NO2P2.C6H4INO2.C4H11O2P2.CH4/c1-16(2,14)8-17(3,15)10-6-4-9(5-7-10)11(12)13;1-14(2,12)8-15(3,13)10-6-4-9(11)5-7-10;7-5-1-3-6(4-2-5)8(9)10;1-7(5)4-8(2,3)6;/h4-7H,8H2,1-3H3;4-7H,8,11H2,1-3H3;1-4H;4H2,1-3H3;1H4/q;;;+1;. The first kappa shape index (κ1) is 51.3. The largest absolute Gasteiger partial charge is 0.399 e. The highest BCUT2D eigenvalue weighted by molar-refractivity contribution is 14.1. The van der Waals surface area contributed by atoms with E-state index < -0.39 is 53.4 Å². The molecule has 0 saturated carbocycles. The summed E-state index contributed by atoms with van der Waals surface area (Å²) in [4.78, 5) is 19.7. The van der Waals surface area contributed by atoms with Crippen molar-refractivity contribution in [2.24, 2.45) is 0 Å². The monoisotopic (exact) mass is 938 g/mol. The lowest BCUT2D eigenvalue weighted by molar-refractivity contribution is -0.385. The van der Waals surface area contributed by atoms with Gasteiger partial charge in [0.1, 0.15) is 28.1 Å². The van der Waals surface area contributed by atoms with Gasteiger partial charge in [-0.1, -0.05) is 12.0 Å². The number of benzene rings is 3. The highest BCUT2D eigenvalue weighted by Gasteiger charge is 2.26. The van der Waals surface area contributed by atoms with Gasteiger partial charge in [0.2, 0.25) is 0 Å². The first-order valence-corrected chi connectivity index (χ1v) is 30.6. The number of nitrogens with two attached hydrogens (primary N) is 1. The molecule has 0 aliphatic rings. The molecule has 0 aliphatic heterocycles. The number of hydrogen-bond acceptors (Lipinski definition) is 11. The van der Waals surface area contributed by atoms with Gasteiger partial charge < -0.3 is 28.6 Å². The molecule has 3 rings (SSSR count). The molecule has 3 unspecified atom stereocenters. The second kappa shape index (κ2) is 21.8. The molecule has 51 heavy (non-hydrogen) atoms. The summed E-state index contributed by atoms with van der Waals surface area (Å²) in [5.74, 6) is 0.823. The van der Waals surface area contributed by atoms with E-state index in [1.54, 1.807) is 96.4 Å². The van der Waals surface area contributed by atoms with Crippen molar-refractivity contribution in [1.29, 1.82) is 0 Å². The summed E-state index contributed by atoms with van der Waals surface area (Å²) in [6, 6.07) is 19.0. The Morgan fingerprint density at radius 2 is 0.902 bits per heavy atom. The Labute approximate surface area is 316 Å². The Morgan fingerprint density at radius 1 is 0.608 bits per heavy atom. The van der Waals surface area contributed by atoms with Gasteiger partial charge in [-0.15, -0.1) is 0 Å². The third-order valence-corrected chi connectivity index (χ3v) is 23.4. The van der Waals surface area contributed by atoms with E-state index in [1.165, 1.54) is 36.4 Å². The maximum Gasteiger partial charge on any atom is 0.343 e. The van der Waals surface area contributed by atoms with Crippen molar-refractivity contribution >= 4 is 93.8 Å². The zero-order chi connectivity index (χ0) is 39.3. The van der Waals surface area contributed by atoms with Crippen LogP contribution in [0.15, 0.2) is 72.8 Å². The third kappa shape index (κ3) is 24.2. The second-order valence-corrected chi connectivity index (χ2v) is 33.8. The Balaban J connectivity index is 0. The molecule has 286 valence electrons. The highest BCUT2D eigenvalue weighted by atomic mass is 127. The number of rotatable bonds is 10. The van der Waals surface area contributed by atoms with Crippen molar-refractivity contribution in [3.05, 3.63) is 96.6 Å². The maximum absolute atomic E-state index is 12.4. The molecular weight excluding hydrogens is 887 g/mol. The molecule has 0 heterocycles. The normalized spacial score (nSPS) is 13.7. The average Bonchev–Trinajstić information content (AvgIpc) is 2.91. The minimum Gasteiger partial charge on any atom is -0.399 e. The van der Waals surface area contributed by atoms with E-state index in [4.69, 9.17) is 5.73 Å². The van der Waals surface area contributed by atoms with Gasteiger partial charge in [0, 0.05) is 44.1 Å². The number of nitro groups is 2. The smallest absolute Gasteiger partial charge is 0.343 e. The van der Waals surface area contributed by atoms with Crippen LogP contribution in [0.5, 0.6) is 0 Å².